The van der Waals surface area contributed by atoms with E-state index in [1.807, 2.05) is 6.07 Å². The Morgan fingerprint density at radius 3 is 2.97 bits per heavy atom. The summed E-state index contributed by atoms with van der Waals surface area (Å²) in [5.74, 6) is 1.36. The van der Waals surface area contributed by atoms with Gasteiger partial charge in [0.15, 0.2) is 11.5 Å². The van der Waals surface area contributed by atoms with Gasteiger partial charge >= 0.3 is 0 Å². The van der Waals surface area contributed by atoms with E-state index in [9.17, 15) is 9.18 Å². The van der Waals surface area contributed by atoms with Crippen molar-refractivity contribution in [2.45, 2.75) is 32.1 Å². The molecule has 29 heavy (non-hydrogen) atoms. The van der Waals surface area contributed by atoms with Crippen LogP contribution in [-0.4, -0.2) is 30.6 Å². The van der Waals surface area contributed by atoms with Crippen LogP contribution in [0.1, 0.15) is 36.0 Å². The molecule has 1 N–H and O–H groups in total. The summed E-state index contributed by atoms with van der Waals surface area (Å²) in [5.41, 5.74) is 2.53. The van der Waals surface area contributed by atoms with Crippen LogP contribution in [0.2, 0.25) is 0 Å². The molecule has 0 unspecified atom stereocenters. The van der Waals surface area contributed by atoms with E-state index >= 15 is 0 Å². The highest BCUT2D eigenvalue weighted by Crippen LogP contribution is 2.38. The fraction of sp³-hybridized carbons (Fsp3) is 0.250. The van der Waals surface area contributed by atoms with E-state index in [1.54, 1.807) is 29.7 Å². The average Bonchev–Trinajstić information content (AvgIpc) is 3.30. The van der Waals surface area contributed by atoms with Crippen molar-refractivity contribution < 1.29 is 13.7 Å². The molecule has 5 rings (SSSR count). The number of nitrogens with one attached hydrogen (secondary N) is 1. The molecule has 0 aliphatic heterocycles. The molecule has 1 aromatic carbocycles. The Bertz CT molecular complexity index is 1230. The highest BCUT2D eigenvalue weighted by molar-refractivity contribution is 5.92. The summed E-state index contributed by atoms with van der Waals surface area (Å²) in [7, 11) is 0. The lowest BCUT2D eigenvalue weighted by Crippen LogP contribution is -2.17. The fourth-order valence-corrected chi connectivity index (χ4v) is 3.12. The van der Waals surface area contributed by atoms with Crippen LogP contribution >= 0.6 is 0 Å². The Morgan fingerprint density at radius 1 is 1.28 bits per heavy atom. The normalized spacial score (nSPS) is 13.7. The number of hydrogen-bond donors (Lipinski definition) is 1. The molecule has 1 fully saturated rings. The van der Waals surface area contributed by atoms with Crippen molar-refractivity contribution in [2.75, 3.05) is 5.32 Å². The Balaban J connectivity index is 1.35. The van der Waals surface area contributed by atoms with Crippen LogP contribution in [0.3, 0.4) is 0 Å². The molecule has 1 aliphatic carbocycles. The van der Waals surface area contributed by atoms with Gasteiger partial charge in [-0.05, 0) is 49.6 Å². The number of rotatable bonds is 5. The lowest BCUT2D eigenvalue weighted by atomic mass is 10.2. The van der Waals surface area contributed by atoms with Gasteiger partial charge in [-0.15, -0.1) is 10.2 Å². The van der Waals surface area contributed by atoms with Crippen LogP contribution in [0, 0.1) is 12.7 Å². The highest BCUT2D eigenvalue weighted by atomic mass is 19.1. The van der Waals surface area contributed by atoms with Crippen molar-refractivity contribution in [3.8, 4) is 11.5 Å². The van der Waals surface area contributed by atoms with Gasteiger partial charge in [0.2, 0.25) is 5.91 Å². The van der Waals surface area contributed by atoms with Crippen molar-refractivity contribution in [1.82, 2.24) is 24.7 Å². The smallest absolute Gasteiger partial charge is 0.258 e. The molecule has 3 heterocycles. The van der Waals surface area contributed by atoms with Crippen molar-refractivity contribution in [3.63, 3.8) is 0 Å². The minimum absolute atomic E-state index is 0.00283. The maximum absolute atomic E-state index is 13.4. The van der Waals surface area contributed by atoms with Crippen LogP contribution in [0.4, 0.5) is 10.1 Å². The Hall–Kier alpha value is -3.62. The molecule has 1 saturated carbocycles. The molecular formula is C20H17FN6O2. The van der Waals surface area contributed by atoms with Gasteiger partial charge in [0.1, 0.15) is 11.6 Å². The van der Waals surface area contributed by atoms with Crippen molar-refractivity contribution >= 4 is 17.2 Å². The number of hydrogen-bond acceptors (Lipinski definition) is 6. The number of aryl methyl sites for hydroxylation is 1. The first-order valence-corrected chi connectivity index (χ1v) is 9.30. The van der Waals surface area contributed by atoms with E-state index in [0.717, 1.165) is 29.8 Å². The topological polar surface area (TPSA) is 98.2 Å². The van der Waals surface area contributed by atoms with Crippen LogP contribution in [0.25, 0.3) is 17.1 Å². The van der Waals surface area contributed by atoms with Crippen molar-refractivity contribution in [3.05, 3.63) is 59.6 Å². The number of carbonyl (C=O) groups excluding carboxylic acids is 1. The molecule has 4 aromatic rings. The molecule has 8 nitrogen and oxygen atoms in total. The summed E-state index contributed by atoms with van der Waals surface area (Å²) < 4.78 is 20.5. The van der Waals surface area contributed by atoms with Crippen molar-refractivity contribution in [1.29, 1.82) is 0 Å². The van der Waals surface area contributed by atoms with Gasteiger partial charge in [0.25, 0.3) is 5.89 Å². The number of nitrogens with zero attached hydrogens (tertiary/aromatic N) is 5. The van der Waals surface area contributed by atoms with E-state index in [4.69, 9.17) is 4.52 Å². The fourth-order valence-electron chi connectivity index (χ4n) is 3.12. The summed E-state index contributed by atoms with van der Waals surface area (Å²) in [6, 6.07) is 7.87. The lowest BCUT2D eigenvalue weighted by molar-refractivity contribution is -0.115. The minimum atomic E-state index is -0.405. The summed E-state index contributed by atoms with van der Waals surface area (Å²) in [6.07, 6.45) is 3.97. The zero-order chi connectivity index (χ0) is 20.0. The summed E-state index contributed by atoms with van der Waals surface area (Å²) in [6.45, 7) is 1.80. The number of aromatic nitrogens is 5. The zero-order valence-electron chi connectivity index (χ0n) is 15.6. The average molecular weight is 392 g/mol. The summed E-state index contributed by atoms with van der Waals surface area (Å²) in [5, 5.41) is 15.0. The standard InChI is InChI=1S/C20H17FN6O2/c1-11-2-5-14(21)9-15(11)22-18(28)10-17-25-24-16-8-13(6-7-27(16)17)20-23-19(26-29-20)12-3-4-12/h2,5-9,12H,3-4,10H2,1H3,(H,22,28). The van der Waals surface area contributed by atoms with E-state index in [1.165, 1.54) is 12.1 Å². The Kier molecular flexibility index (Phi) is 4.08. The van der Waals surface area contributed by atoms with Crippen LogP contribution < -0.4 is 5.32 Å². The second-order valence-corrected chi connectivity index (χ2v) is 7.18. The number of carbonyl (C=O) groups is 1. The molecular weight excluding hydrogens is 375 g/mol. The largest absolute Gasteiger partial charge is 0.334 e. The van der Waals surface area contributed by atoms with Gasteiger partial charge in [0.05, 0.1) is 6.42 Å². The number of amides is 1. The lowest BCUT2D eigenvalue weighted by Gasteiger charge is -2.08. The molecule has 0 radical (unpaired) electrons. The first kappa shape index (κ1) is 17.5. The third-order valence-corrected chi connectivity index (χ3v) is 4.90. The maximum Gasteiger partial charge on any atom is 0.258 e. The quantitative estimate of drug-likeness (QED) is 0.560. The number of halogens is 1. The molecule has 146 valence electrons. The van der Waals surface area contributed by atoms with Gasteiger partial charge in [-0.25, -0.2) is 4.39 Å². The first-order chi connectivity index (χ1) is 14.1. The van der Waals surface area contributed by atoms with E-state index in [0.29, 0.717) is 29.0 Å². The van der Waals surface area contributed by atoms with E-state index < -0.39 is 5.82 Å². The number of fused-ring (bicyclic) bond motifs is 1. The van der Waals surface area contributed by atoms with Crippen molar-refractivity contribution in [2.24, 2.45) is 0 Å². The van der Waals surface area contributed by atoms with Gasteiger partial charge in [-0.1, -0.05) is 11.2 Å². The van der Waals surface area contributed by atoms with Gasteiger partial charge in [0, 0.05) is 23.4 Å². The molecule has 0 saturated heterocycles. The number of benzene rings is 1. The minimum Gasteiger partial charge on any atom is -0.334 e. The third kappa shape index (κ3) is 3.46. The molecule has 3 aromatic heterocycles. The first-order valence-electron chi connectivity index (χ1n) is 9.30. The monoisotopic (exact) mass is 392 g/mol. The predicted molar refractivity (Wildman–Crippen MR) is 102 cm³/mol. The predicted octanol–water partition coefficient (Wildman–Crippen LogP) is 3.29. The van der Waals surface area contributed by atoms with E-state index in [-0.39, 0.29) is 12.3 Å². The van der Waals surface area contributed by atoms with E-state index in [2.05, 4.69) is 25.7 Å². The summed E-state index contributed by atoms with van der Waals surface area (Å²) >= 11 is 0. The van der Waals surface area contributed by atoms with Crippen LogP contribution in [-0.2, 0) is 11.2 Å². The second kappa shape index (κ2) is 6.77. The van der Waals surface area contributed by atoms with Gasteiger partial charge in [-0.3, -0.25) is 9.20 Å². The molecule has 1 amide bonds. The van der Waals surface area contributed by atoms with Gasteiger partial charge in [-0.2, -0.15) is 4.98 Å². The highest BCUT2D eigenvalue weighted by Gasteiger charge is 2.29. The number of anilines is 1. The van der Waals surface area contributed by atoms with Gasteiger partial charge < -0.3 is 9.84 Å². The Morgan fingerprint density at radius 2 is 2.14 bits per heavy atom. The second-order valence-electron chi connectivity index (χ2n) is 7.18. The summed E-state index contributed by atoms with van der Waals surface area (Å²) in [4.78, 5) is 16.8. The SMILES string of the molecule is Cc1ccc(F)cc1NC(=O)Cc1nnc2cc(-c3nc(C4CC4)no3)ccn12. The molecule has 0 atom stereocenters. The molecule has 0 bridgehead atoms. The maximum atomic E-state index is 13.4. The van der Waals surface area contributed by atoms with Crippen LogP contribution in [0.15, 0.2) is 41.1 Å². The molecule has 9 heteroatoms. The van der Waals surface area contributed by atoms with Crippen LogP contribution in [0.5, 0.6) is 0 Å². The third-order valence-electron chi connectivity index (χ3n) is 4.90. The molecule has 1 aliphatic rings. The Labute approximate surface area is 164 Å². The number of pyridine rings is 1. The molecule has 0 spiro atoms. The zero-order valence-corrected chi connectivity index (χ0v) is 15.6.